The first-order valence-corrected chi connectivity index (χ1v) is 9.07. The van der Waals surface area contributed by atoms with Gasteiger partial charge in [-0.05, 0) is 31.2 Å². The Labute approximate surface area is 172 Å². The normalized spacial score (nSPS) is 10.5. The van der Waals surface area contributed by atoms with E-state index >= 15 is 0 Å². The number of fused-ring (bicyclic) bond motifs is 1. The van der Waals surface area contributed by atoms with Crippen molar-refractivity contribution in [1.82, 2.24) is 4.98 Å². The third-order valence-electron chi connectivity index (χ3n) is 4.25. The smallest absolute Gasteiger partial charge is 0.406 e. The van der Waals surface area contributed by atoms with Crippen molar-refractivity contribution in [1.29, 1.82) is 0 Å². The highest BCUT2D eigenvalue weighted by atomic mass is 16.5. The minimum absolute atomic E-state index is 0.0308. The molecule has 0 aliphatic heterocycles. The zero-order valence-corrected chi connectivity index (χ0v) is 16.7. The minimum Gasteiger partial charge on any atom is -0.618 e. The predicted octanol–water partition coefficient (Wildman–Crippen LogP) is 2.42. The van der Waals surface area contributed by atoms with Crippen molar-refractivity contribution < 1.29 is 33.3 Å². The van der Waals surface area contributed by atoms with Gasteiger partial charge >= 0.3 is 17.6 Å². The molecule has 1 aromatic heterocycles. The SMILES string of the molecule is CCOc1ccc2nc(COC(=O)c3ccccc3OC)c(C(=O)OC)[n+]([O-])c2c1. The van der Waals surface area contributed by atoms with Crippen LogP contribution in [0.4, 0.5) is 0 Å². The number of ether oxygens (including phenoxy) is 4. The van der Waals surface area contributed by atoms with Gasteiger partial charge in [-0.3, -0.25) is 0 Å². The van der Waals surface area contributed by atoms with E-state index in [1.807, 2.05) is 6.92 Å². The first-order chi connectivity index (χ1) is 14.5. The molecule has 2 aromatic carbocycles. The molecule has 156 valence electrons. The van der Waals surface area contributed by atoms with E-state index in [4.69, 9.17) is 18.9 Å². The highest BCUT2D eigenvalue weighted by molar-refractivity contribution is 5.93. The number of esters is 2. The van der Waals surface area contributed by atoms with Gasteiger partial charge in [0.25, 0.3) is 0 Å². The molecule has 0 unspecified atom stereocenters. The maximum atomic E-state index is 12.9. The van der Waals surface area contributed by atoms with Crippen LogP contribution in [0.25, 0.3) is 11.0 Å². The third-order valence-corrected chi connectivity index (χ3v) is 4.25. The van der Waals surface area contributed by atoms with Crippen LogP contribution in [-0.2, 0) is 16.1 Å². The van der Waals surface area contributed by atoms with Gasteiger partial charge in [0.2, 0.25) is 5.52 Å². The molecule has 9 nitrogen and oxygen atoms in total. The van der Waals surface area contributed by atoms with Gasteiger partial charge in [0.05, 0.1) is 26.9 Å². The molecule has 30 heavy (non-hydrogen) atoms. The predicted molar refractivity (Wildman–Crippen MR) is 105 cm³/mol. The molecule has 0 spiro atoms. The number of benzene rings is 2. The summed E-state index contributed by atoms with van der Waals surface area (Å²) in [6.45, 7) is 1.82. The van der Waals surface area contributed by atoms with Gasteiger partial charge in [0, 0.05) is 0 Å². The zero-order valence-electron chi connectivity index (χ0n) is 16.7. The number of carbonyl (C=O) groups is 2. The molecule has 9 heteroatoms. The van der Waals surface area contributed by atoms with Crippen molar-refractivity contribution >= 4 is 23.0 Å². The Balaban J connectivity index is 1.98. The lowest BCUT2D eigenvalue weighted by Gasteiger charge is -2.12. The number of nitrogens with zero attached hydrogens (tertiary/aromatic N) is 2. The molecule has 0 atom stereocenters. The van der Waals surface area contributed by atoms with Crippen LogP contribution in [0, 0.1) is 5.21 Å². The lowest BCUT2D eigenvalue weighted by molar-refractivity contribution is -0.581. The van der Waals surface area contributed by atoms with E-state index in [9.17, 15) is 14.8 Å². The molecule has 0 bridgehead atoms. The molecule has 0 N–H and O–H groups in total. The van der Waals surface area contributed by atoms with Gasteiger partial charge < -0.3 is 24.2 Å². The summed E-state index contributed by atoms with van der Waals surface area (Å²) >= 11 is 0. The molecule has 0 fully saturated rings. The molecular weight excluding hydrogens is 392 g/mol. The van der Waals surface area contributed by atoms with Crippen LogP contribution < -0.4 is 14.2 Å². The van der Waals surface area contributed by atoms with Crippen LogP contribution in [0.15, 0.2) is 42.5 Å². The second-order valence-corrected chi connectivity index (χ2v) is 6.05. The number of rotatable bonds is 7. The lowest BCUT2D eigenvalue weighted by Crippen LogP contribution is -2.38. The molecule has 0 saturated heterocycles. The van der Waals surface area contributed by atoms with Crippen LogP contribution in [0.3, 0.4) is 0 Å². The summed E-state index contributed by atoms with van der Waals surface area (Å²) in [5.41, 5.74) is 0.241. The fourth-order valence-electron chi connectivity index (χ4n) is 2.88. The Kier molecular flexibility index (Phi) is 6.31. The number of aromatic nitrogens is 2. The number of hydrogen-bond acceptors (Lipinski definition) is 8. The monoisotopic (exact) mass is 412 g/mol. The second-order valence-electron chi connectivity index (χ2n) is 6.05. The van der Waals surface area contributed by atoms with Gasteiger partial charge in [-0.15, -0.1) is 0 Å². The Morgan fingerprint density at radius 3 is 2.57 bits per heavy atom. The molecule has 0 aliphatic rings. The zero-order chi connectivity index (χ0) is 21.7. The number of carbonyl (C=O) groups excluding carboxylic acids is 2. The molecule has 0 amide bonds. The van der Waals surface area contributed by atoms with Crippen molar-refractivity contribution in [3.05, 3.63) is 64.6 Å². The lowest BCUT2D eigenvalue weighted by atomic mass is 10.2. The molecule has 0 radical (unpaired) electrons. The molecular formula is C21H20N2O7. The summed E-state index contributed by atoms with van der Waals surface area (Å²) in [5.74, 6) is -0.786. The van der Waals surface area contributed by atoms with Gasteiger partial charge in [-0.1, -0.05) is 12.1 Å². The molecule has 3 rings (SSSR count). The van der Waals surface area contributed by atoms with E-state index in [0.717, 1.165) is 7.11 Å². The van der Waals surface area contributed by atoms with E-state index in [0.29, 0.717) is 28.4 Å². The highest BCUT2D eigenvalue weighted by Gasteiger charge is 2.28. The van der Waals surface area contributed by atoms with E-state index in [1.165, 1.54) is 13.2 Å². The van der Waals surface area contributed by atoms with E-state index < -0.39 is 18.5 Å². The topological polar surface area (TPSA) is 111 Å². The Hall–Kier alpha value is -3.88. The van der Waals surface area contributed by atoms with E-state index in [-0.39, 0.29) is 22.5 Å². The largest absolute Gasteiger partial charge is 0.618 e. The van der Waals surface area contributed by atoms with Gasteiger partial charge in [0.15, 0.2) is 5.69 Å². The number of methoxy groups -OCH3 is 2. The first kappa shape index (κ1) is 20.8. The maximum absolute atomic E-state index is 12.9. The number of hydrogen-bond donors (Lipinski definition) is 0. The summed E-state index contributed by atoms with van der Waals surface area (Å²) in [5, 5.41) is 12.9. The van der Waals surface area contributed by atoms with Crippen LogP contribution in [0.1, 0.15) is 33.5 Å². The highest BCUT2D eigenvalue weighted by Crippen LogP contribution is 2.21. The van der Waals surface area contributed by atoms with Crippen LogP contribution in [0.2, 0.25) is 0 Å². The molecule has 3 aromatic rings. The summed E-state index contributed by atoms with van der Waals surface area (Å²) in [4.78, 5) is 29.0. The fourth-order valence-corrected chi connectivity index (χ4v) is 2.88. The van der Waals surface area contributed by atoms with Gasteiger partial charge in [-0.2, -0.15) is 4.73 Å². The maximum Gasteiger partial charge on any atom is 0.406 e. The van der Waals surface area contributed by atoms with Crippen molar-refractivity contribution in [2.75, 3.05) is 20.8 Å². The number of para-hydroxylation sites is 1. The van der Waals surface area contributed by atoms with Crippen LogP contribution in [0.5, 0.6) is 11.5 Å². The van der Waals surface area contributed by atoms with Crippen LogP contribution >= 0.6 is 0 Å². The minimum atomic E-state index is -0.899. The van der Waals surface area contributed by atoms with Crippen LogP contribution in [-0.4, -0.2) is 37.7 Å². The standard InChI is InChI=1S/C21H20N2O7/c1-4-29-13-9-10-15-17(11-13)23(26)19(21(25)28-3)16(22-15)12-30-20(24)14-7-5-6-8-18(14)27-2/h5-11H,4,12H2,1-3H3. The summed E-state index contributed by atoms with van der Waals surface area (Å²) in [7, 11) is 2.58. The quantitative estimate of drug-likeness (QED) is 0.330. The van der Waals surface area contributed by atoms with Crippen molar-refractivity contribution in [3.63, 3.8) is 0 Å². The van der Waals surface area contributed by atoms with E-state index in [2.05, 4.69) is 4.98 Å². The molecule has 0 saturated carbocycles. The second kappa shape index (κ2) is 9.08. The molecule has 0 aliphatic carbocycles. The Bertz CT molecular complexity index is 1100. The third kappa shape index (κ3) is 4.09. The molecule has 1 heterocycles. The van der Waals surface area contributed by atoms with Gasteiger partial charge in [-0.25, -0.2) is 14.6 Å². The Morgan fingerprint density at radius 2 is 1.87 bits per heavy atom. The van der Waals surface area contributed by atoms with Gasteiger partial charge in [0.1, 0.15) is 29.2 Å². The van der Waals surface area contributed by atoms with E-state index in [1.54, 1.807) is 36.4 Å². The van der Waals surface area contributed by atoms with Crippen molar-refractivity contribution in [2.24, 2.45) is 0 Å². The first-order valence-electron chi connectivity index (χ1n) is 9.07. The van der Waals surface area contributed by atoms with Crippen molar-refractivity contribution in [2.45, 2.75) is 13.5 Å². The summed E-state index contributed by atoms with van der Waals surface area (Å²) in [6, 6.07) is 11.3. The summed E-state index contributed by atoms with van der Waals surface area (Å²) in [6.07, 6.45) is 0. The summed E-state index contributed by atoms with van der Waals surface area (Å²) < 4.78 is 21.0. The average molecular weight is 412 g/mol. The fraction of sp³-hybridized carbons (Fsp3) is 0.238. The van der Waals surface area contributed by atoms with Crippen molar-refractivity contribution in [3.8, 4) is 11.5 Å². The average Bonchev–Trinajstić information content (AvgIpc) is 2.77. The Morgan fingerprint density at radius 1 is 1.10 bits per heavy atom.